The van der Waals surface area contributed by atoms with E-state index < -0.39 is 18.1 Å². The molecular formula is C27H33N3O4SSi. The predicted molar refractivity (Wildman–Crippen MR) is 144 cm³/mol. The van der Waals surface area contributed by atoms with Crippen molar-refractivity contribution < 1.29 is 17.9 Å². The van der Waals surface area contributed by atoms with Crippen LogP contribution in [0.4, 0.5) is 4.79 Å². The SMILES string of the molecule is C[Si](C)(C)CCS(=O)(=O)n1cc(C2CCN(C(=O)OCc3ccccc3)CC2)c2cc(C#N)ccc21. The molecule has 190 valence electrons. The Bertz CT molecular complexity index is 1380. The molecule has 2 aromatic carbocycles. The summed E-state index contributed by atoms with van der Waals surface area (Å²) < 4.78 is 33.5. The van der Waals surface area contributed by atoms with Gasteiger partial charge in [0.15, 0.2) is 0 Å². The van der Waals surface area contributed by atoms with Crippen molar-refractivity contribution in [2.24, 2.45) is 0 Å². The molecule has 0 atom stereocenters. The Morgan fingerprint density at radius 1 is 1.11 bits per heavy atom. The van der Waals surface area contributed by atoms with Gasteiger partial charge in [-0.2, -0.15) is 5.26 Å². The predicted octanol–water partition coefficient (Wildman–Crippen LogP) is 5.55. The Labute approximate surface area is 214 Å². The molecule has 0 unspecified atom stereocenters. The van der Waals surface area contributed by atoms with Crippen LogP contribution in [-0.2, 0) is 21.4 Å². The molecule has 1 aliphatic rings. The first-order valence-corrected chi connectivity index (χ1v) is 17.6. The number of carbonyl (C=O) groups excluding carboxylic acids is 1. The molecule has 2 heterocycles. The average molecular weight is 524 g/mol. The van der Waals surface area contributed by atoms with Crippen LogP contribution in [0.3, 0.4) is 0 Å². The van der Waals surface area contributed by atoms with Gasteiger partial charge in [0.05, 0.1) is 22.9 Å². The maximum absolute atomic E-state index is 13.3. The number of carbonyl (C=O) groups is 1. The monoisotopic (exact) mass is 523 g/mol. The highest BCUT2D eigenvalue weighted by Gasteiger charge is 2.29. The van der Waals surface area contributed by atoms with Crippen molar-refractivity contribution in [3.8, 4) is 6.07 Å². The zero-order valence-electron chi connectivity index (χ0n) is 21.1. The van der Waals surface area contributed by atoms with Gasteiger partial charge in [-0.05, 0) is 54.1 Å². The van der Waals surface area contributed by atoms with Crippen LogP contribution in [0.15, 0.2) is 54.7 Å². The Hall–Kier alpha value is -3.09. The van der Waals surface area contributed by atoms with Gasteiger partial charge in [0.25, 0.3) is 0 Å². The lowest BCUT2D eigenvalue weighted by Crippen LogP contribution is -2.38. The second-order valence-corrected chi connectivity index (χ2v) is 18.2. The van der Waals surface area contributed by atoms with Crippen molar-refractivity contribution in [1.82, 2.24) is 8.87 Å². The van der Waals surface area contributed by atoms with Crippen LogP contribution in [0, 0.1) is 11.3 Å². The number of nitrogens with zero attached hydrogens (tertiary/aromatic N) is 3. The van der Waals surface area contributed by atoms with E-state index in [1.807, 2.05) is 30.3 Å². The molecule has 3 aromatic rings. The molecule has 4 rings (SSSR count). The zero-order chi connectivity index (χ0) is 25.9. The third kappa shape index (κ3) is 5.99. The van der Waals surface area contributed by atoms with Gasteiger partial charge in [0.1, 0.15) is 6.61 Å². The van der Waals surface area contributed by atoms with Gasteiger partial charge in [-0.1, -0.05) is 50.0 Å². The number of aromatic nitrogens is 1. The molecule has 1 aromatic heterocycles. The van der Waals surface area contributed by atoms with E-state index in [1.165, 1.54) is 3.97 Å². The second-order valence-electron chi connectivity index (χ2n) is 10.7. The van der Waals surface area contributed by atoms with E-state index in [0.717, 1.165) is 16.5 Å². The summed E-state index contributed by atoms with van der Waals surface area (Å²) in [6.07, 6.45) is 2.82. The minimum atomic E-state index is -3.53. The van der Waals surface area contributed by atoms with Crippen LogP contribution in [0.25, 0.3) is 10.9 Å². The summed E-state index contributed by atoms with van der Waals surface area (Å²) >= 11 is 0. The van der Waals surface area contributed by atoms with E-state index in [9.17, 15) is 18.5 Å². The fraction of sp³-hybridized carbons (Fsp3) is 0.407. The van der Waals surface area contributed by atoms with Crippen molar-refractivity contribution >= 4 is 35.1 Å². The number of ether oxygens (including phenoxy) is 1. The van der Waals surface area contributed by atoms with Gasteiger partial charge in [-0.15, -0.1) is 0 Å². The number of hydrogen-bond acceptors (Lipinski definition) is 5. The highest BCUT2D eigenvalue weighted by Crippen LogP contribution is 2.36. The number of fused-ring (bicyclic) bond motifs is 1. The Morgan fingerprint density at radius 3 is 2.44 bits per heavy atom. The Morgan fingerprint density at radius 2 is 1.81 bits per heavy atom. The molecule has 0 N–H and O–H groups in total. The summed E-state index contributed by atoms with van der Waals surface area (Å²) in [6.45, 7) is 7.80. The number of benzene rings is 2. The summed E-state index contributed by atoms with van der Waals surface area (Å²) in [7, 11) is -5.07. The third-order valence-corrected chi connectivity index (χ3v) is 10.5. The molecule has 0 radical (unpaired) electrons. The molecule has 1 aliphatic heterocycles. The number of amides is 1. The molecule has 0 saturated carbocycles. The number of piperidine rings is 1. The lowest BCUT2D eigenvalue weighted by atomic mass is 9.89. The quantitative estimate of drug-likeness (QED) is 0.379. The van der Waals surface area contributed by atoms with Crippen molar-refractivity contribution in [3.05, 3.63) is 71.4 Å². The molecule has 9 heteroatoms. The lowest BCUT2D eigenvalue weighted by molar-refractivity contribution is 0.0871. The molecule has 7 nitrogen and oxygen atoms in total. The van der Waals surface area contributed by atoms with Gasteiger partial charge in [0.2, 0.25) is 10.0 Å². The second kappa shape index (κ2) is 10.5. The van der Waals surface area contributed by atoms with E-state index in [2.05, 4.69) is 25.7 Å². The minimum absolute atomic E-state index is 0.0908. The maximum atomic E-state index is 13.3. The van der Waals surface area contributed by atoms with Crippen LogP contribution in [0.2, 0.25) is 25.7 Å². The highest BCUT2D eigenvalue weighted by atomic mass is 32.2. The third-order valence-electron chi connectivity index (χ3n) is 6.74. The normalized spacial score (nSPS) is 15.1. The van der Waals surface area contributed by atoms with Crippen molar-refractivity contribution in [2.45, 2.75) is 51.1 Å². The Balaban J connectivity index is 1.52. The molecule has 36 heavy (non-hydrogen) atoms. The topological polar surface area (TPSA) is 92.4 Å². The van der Waals surface area contributed by atoms with E-state index in [-0.39, 0.29) is 24.4 Å². The number of likely N-dealkylation sites (tertiary alicyclic amines) is 1. The van der Waals surface area contributed by atoms with Crippen molar-refractivity contribution in [2.75, 3.05) is 18.8 Å². The average Bonchev–Trinajstić information content (AvgIpc) is 3.26. The Kier molecular flexibility index (Phi) is 7.57. The summed E-state index contributed by atoms with van der Waals surface area (Å²) in [5.41, 5.74) is 2.99. The van der Waals surface area contributed by atoms with E-state index in [4.69, 9.17) is 4.74 Å². The molecule has 1 fully saturated rings. The summed E-state index contributed by atoms with van der Waals surface area (Å²) in [5.74, 6) is 0.200. The molecule has 1 saturated heterocycles. The summed E-state index contributed by atoms with van der Waals surface area (Å²) in [5, 5.41) is 10.2. The summed E-state index contributed by atoms with van der Waals surface area (Å²) in [4.78, 5) is 14.3. The number of hydrogen-bond donors (Lipinski definition) is 0. The molecule has 0 bridgehead atoms. The van der Waals surface area contributed by atoms with Crippen molar-refractivity contribution in [3.63, 3.8) is 0 Å². The molecular weight excluding hydrogens is 490 g/mol. The molecule has 0 spiro atoms. The largest absolute Gasteiger partial charge is 0.445 e. The van der Waals surface area contributed by atoms with Gasteiger partial charge in [-0.3, -0.25) is 0 Å². The fourth-order valence-electron chi connectivity index (χ4n) is 4.57. The maximum Gasteiger partial charge on any atom is 0.410 e. The van der Waals surface area contributed by atoms with Crippen LogP contribution >= 0.6 is 0 Å². The van der Waals surface area contributed by atoms with Crippen molar-refractivity contribution in [1.29, 1.82) is 5.26 Å². The number of nitriles is 1. The lowest BCUT2D eigenvalue weighted by Gasteiger charge is -2.31. The fourth-order valence-corrected chi connectivity index (χ4v) is 8.98. The zero-order valence-corrected chi connectivity index (χ0v) is 22.9. The van der Waals surface area contributed by atoms with Gasteiger partial charge < -0.3 is 9.64 Å². The van der Waals surface area contributed by atoms with Gasteiger partial charge in [-0.25, -0.2) is 17.2 Å². The van der Waals surface area contributed by atoms with E-state index in [0.29, 0.717) is 43.1 Å². The smallest absolute Gasteiger partial charge is 0.410 e. The number of rotatable bonds is 7. The van der Waals surface area contributed by atoms with Crippen LogP contribution in [0.5, 0.6) is 0 Å². The highest BCUT2D eigenvalue weighted by molar-refractivity contribution is 7.90. The van der Waals surface area contributed by atoms with Gasteiger partial charge in [0, 0.05) is 32.7 Å². The standard InChI is InChI=1S/C27H33N3O4SSi/c1-36(2,3)16-15-35(32,33)30-19-25(24-17-22(18-28)9-10-26(24)30)23-11-13-29(14-12-23)27(31)34-20-21-7-5-4-6-8-21/h4-10,17,19,23H,11-16,20H2,1-3H3. The molecule has 0 aliphatic carbocycles. The summed E-state index contributed by atoms with van der Waals surface area (Å²) in [6, 6.07) is 17.6. The van der Waals surface area contributed by atoms with Gasteiger partial charge >= 0.3 is 6.09 Å². The van der Waals surface area contributed by atoms with E-state index in [1.54, 1.807) is 29.3 Å². The van der Waals surface area contributed by atoms with Crippen LogP contribution in [-0.4, -0.2) is 50.3 Å². The first-order chi connectivity index (χ1) is 17.1. The van der Waals surface area contributed by atoms with E-state index >= 15 is 0 Å². The molecule has 1 amide bonds. The minimum Gasteiger partial charge on any atom is -0.445 e. The van der Waals surface area contributed by atoms with Crippen LogP contribution < -0.4 is 0 Å². The first-order valence-electron chi connectivity index (χ1n) is 12.3. The van der Waals surface area contributed by atoms with Crippen LogP contribution in [0.1, 0.15) is 35.4 Å². The first kappa shape index (κ1) is 26.0.